The second-order valence-corrected chi connectivity index (χ2v) is 8.53. The van der Waals surface area contributed by atoms with E-state index in [0.717, 1.165) is 23.4 Å². The minimum absolute atomic E-state index is 0.0727. The van der Waals surface area contributed by atoms with Crippen molar-refractivity contribution >= 4 is 17.3 Å². The number of nitrogens with one attached hydrogen (secondary N) is 1. The Balaban J connectivity index is 1.51. The molecule has 156 valence electrons. The predicted octanol–water partition coefficient (Wildman–Crippen LogP) is 3.60. The molecule has 0 saturated heterocycles. The fourth-order valence-electron chi connectivity index (χ4n) is 3.79. The molecule has 0 radical (unpaired) electrons. The summed E-state index contributed by atoms with van der Waals surface area (Å²) in [6, 6.07) is 7.67. The van der Waals surface area contributed by atoms with Gasteiger partial charge in [0.2, 0.25) is 0 Å². The number of hydrogen-bond donors (Lipinski definition) is 1. The number of amides is 1. The molecule has 7 nitrogen and oxygen atoms in total. The van der Waals surface area contributed by atoms with Gasteiger partial charge >= 0.3 is 0 Å². The lowest BCUT2D eigenvalue weighted by atomic mass is 9.76. The van der Waals surface area contributed by atoms with Crippen molar-refractivity contribution in [3.8, 4) is 5.75 Å². The molecule has 2 heterocycles. The zero-order valence-corrected chi connectivity index (χ0v) is 17.6. The molecule has 1 aliphatic rings. The molecule has 30 heavy (non-hydrogen) atoms. The van der Waals surface area contributed by atoms with Crippen molar-refractivity contribution in [3.63, 3.8) is 0 Å². The van der Waals surface area contributed by atoms with E-state index in [1.165, 1.54) is 6.20 Å². The molecule has 1 aromatic carbocycles. The van der Waals surface area contributed by atoms with E-state index in [9.17, 15) is 9.59 Å². The third kappa shape index (κ3) is 3.92. The Morgan fingerprint density at radius 1 is 1.20 bits per heavy atom. The molecule has 0 unspecified atom stereocenters. The number of Topliss-reactive ketones (excluding diaryl/α,β-unsaturated/α-hetero) is 1. The van der Waals surface area contributed by atoms with Crippen LogP contribution in [-0.4, -0.2) is 32.9 Å². The summed E-state index contributed by atoms with van der Waals surface area (Å²) in [7, 11) is 0. The minimum atomic E-state index is -0.245. The van der Waals surface area contributed by atoms with Gasteiger partial charge in [-0.05, 0) is 36.0 Å². The summed E-state index contributed by atoms with van der Waals surface area (Å²) in [6.07, 6.45) is 5.26. The van der Waals surface area contributed by atoms with Gasteiger partial charge in [-0.15, -0.1) is 0 Å². The summed E-state index contributed by atoms with van der Waals surface area (Å²) < 4.78 is 7.22. The van der Waals surface area contributed by atoms with E-state index in [1.807, 2.05) is 24.3 Å². The van der Waals surface area contributed by atoms with Crippen LogP contribution in [0.25, 0.3) is 5.65 Å². The molecular weight excluding hydrogens is 380 g/mol. The lowest BCUT2D eigenvalue weighted by Gasteiger charge is -2.29. The van der Waals surface area contributed by atoms with Gasteiger partial charge in [0.05, 0.1) is 24.1 Å². The van der Waals surface area contributed by atoms with Gasteiger partial charge in [0.1, 0.15) is 11.3 Å². The predicted molar refractivity (Wildman–Crippen MR) is 113 cm³/mol. The number of ether oxygens (including phenoxy) is 1. The van der Waals surface area contributed by atoms with Gasteiger partial charge in [0.15, 0.2) is 11.4 Å². The molecule has 1 N–H and O–H groups in total. The highest BCUT2D eigenvalue weighted by Crippen LogP contribution is 2.34. The summed E-state index contributed by atoms with van der Waals surface area (Å²) in [5.41, 5.74) is 3.13. The highest BCUT2D eigenvalue weighted by molar-refractivity contribution is 6.01. The van der Waals surface area contributed by atoms with E-state index in [1.54, 1.807) is 10.7 Å². The average molecular weight is 406 g/mol. The van der Waals surface area contributed by atoms with E-state index in [0.29, 0.717) is 42.8 Å². The van der Waals surface area contributed by atoms with Gasteiger partial charge in [-0.1, -0.05) is 32.9 Å². The van der Waals surface area contributed by atoms with Crippen molar-refractivity contribution in [1.82, 2.24) is 19.9 Å². The number of carbonyl (C=O) groups is 2. The molecule has 0 fully saturated rings. The zero-order valence-electron chi connectivity index (χ0n) is 17.6. The standard InChI is InChI=1S/C23H26N4O3/c1-4-9-30-16-7-5-15(6-8-16)12-25-22(29)18-14-26-27-19-10-23(2,3)11-20(28)17(19)13-24-21(18)27/h5-8,13-14H,4,9-12H2,1-3H3,(H,25,29). The van der Waals surface area contributed by atoms with Crippen LogP contribution in [0.3, 0.4) is 0 Å². The quantitative estimate of drug-likeness (QED) is 0.676. The fraction of sp³-hybridized carbons (Fsp3) is 0.391. The minimum Gasteiger partial charge on any atom is -0.494 e. The van der Waals surface area contributed by atoms with Gasteiger partial charge < -0.3 is 10.1 Å². The van der Waals surface area contributed by atoms with Crippen LogP contribution in [0.5, 0.6) is 5.75 Å². The number of ketones is 1. The Bertz CT molecular complexity index is 1100. The average Bonchev–Trinajstić information content (AvgIpc) is 3.15. The normalized spacial score (nSPS) is 15.1. The fourth-order valence-corrected chi connectivity index (χ4v) is 3.79. The van der Waals surface area contributed by atoms with Crippen molar-refractivity contribution in [2.24, 2.45) is 5.41 Å². The van der Waals surface area contributed by atoms with Crippen LogP contribution in [0.15, 0.2) is 36.7 Å². The molecule has 0 saturated carbocycles. The van der Waals surface area contributed by atoms with Crippen LogP contribution in [0.1, 0.15) is 65.6 Å². The van der Waals surface area contributed by atoms with Crippen LogP contribution in [-0.2, 0) is 13.0 Å². The Kier molecular flexibility index (Phi) is 5.28. The Hall–Kier alpha value is -3.22. The van der Waals surface area contributed by atoms with Gasteiger partial charge in [-0.2, -0.15) is 5.10 Å². The molecule has 1 amide bonds. The second-order valence-electron chi connectivity index (χ2n) is 8.53. The first-order valence-corrected chi connectivity index (χ1v) is 10.3. The van der Waals surface area contributed by atoms with E-state index in [-0.39, 0.29) is 17.1 Å². The van der Waals surface area contributed by atoms with Crippen LogP contribution >= 0.6 is 0 Å². The maximum Gasteiger partial charge on any atom is 0.257 e. The number of benzene rings is 1. The maximum atomic E-state index is 12.8. The summed E-state index contributed by atoms with van der Waals surface area (Å²) in [5.74, 6) is 0.648. The first-order chi connectivity index (χ1) is 14.4. The van der Waals surface area contributed by atoms with Crippen molar-refractivity contribution in [3.05, 3.63) is 59.0 Å². The Morgan fingerprint density at radius 3 is 2.70 bits per heavy atom. The number of hydrogen-bond acceptors (Lipinski definition) is 5. The Labute approximate surface area is 175 Å². The smallest absolute Gasteiger partial charge is 0.257 e. The molecular formula is C23H26N4O3. The first-order valence-electron chi connectivity index (χ1n) is 10.3. The molecule has 0 spiro atoms. The number of rotatable bonds is 6. The van der Waals surface area contributed by atoms with Crippen molar-refractivity contribution in [2.75, 3.05) is 6.61 Å². The SMILES string of the molecule is CCCOc1ccc(CNC(=O)c2cnn3c4c(cnc23)C(=O)CC(C)(C)C4)cc1. The lowest BCUT2D eigenvalue weighted by molar-refractivity contribution is 0.0907. The van der Waals surface area contributed by atoms with Crippen LogP contribution in [0.2, 0.25) is 0 Å². The topological polar surface area (TPSA) is 85.6 Å². The van der Waals surface area contributed by atoms with Crippen LogP contribution in [0.4, 0.5) is 0 Å². The van der Waals surface area contributed by atoms with Gasteiger partial charge in [-0.3, -0.25) is 9.59 Å². The van der Waals surface area contributed by atoms with Gasteiger partial charge in [0.25, 0.3) is 5.91 Å². The second kappa shape index (κ2) is 7.89. The van der Waals surface area contributed by atoms with Crippen molar-refractivity contribution in [1.29, 1.82) is 0 Å². The summed E-state index contributed by atoms with van der Waals surface area (Å²) in [6.45, 7) is 7.27. The van der Waals surface area contributed by atoms with E-state index >= 15 is 0 Å². The molecule has 0 bridgehead atoms. The van der Waals surface area contributed by atoms with Crippen molar-refractivity contribution < 1.29 is 14.3 Å². The summed E-state index contributed by atoms with van der Waals surface area (Å²) in [4.78, 5) is 29.6. The molecule has 2 aromatic heterocycles. The summed E-state index contributed by atoms with van der Waals surface area (Å²) >= 11 is 0. The maximum absolute atomic E-state index is 12.8. The number of nitrogens with zero attached hydrogens (tertiary/aromatic N) is 3. The lowest BCUT2D eigenvalue weighted by Crippen LogP contribution is -2.29. The Morgan fingerprint density at radius 2 is 1.97 bits per heavy atom. The van der Waals surface area contributed by atoms with E-state index in [4.69, 9.17) is 4.74 Å². The third-order valence-corrected chi connectivity index (χ3v) is 5.31. The van der Waals surface area contributed by atoms with E-state index in [2.05, 4.69) is 36.2 Å². The molecule has 0 aliphatic heterocycles. The largest absolute Gasteiger partial charge is 0.494 e. The molecule has 0 atom stereocenters. The molecule has 4 rings (SSSR count). The number of aromatic nitrogens is 3. The highest BCUT2D eigenvalue weighted by Gasteiger charge is 2.33. The molecule has 7 heteroatoms. The first kappa shape index (κ1) is 20.1. The van der Waals surface area contributed by atoms with Crippen molar-refractivity contribution in [2.45, 2.75) is 46.6 Å². The molecule has 1 aliphatic carbocycles. The summed E-state index contributed by atoms with van der Waals surface area (Å²) in [5, 5.41) is 7.29. The monoisotopic (exact) mass is 406 g/mol. The van der Waals surface area contributed by atoms with Crippen LogP contribution in [0, 0.1) is 5.41 Å². The van der Waals surface area contributed by atoms with Crippen LogP contribution < -0.4 is 10.1 Å². The highest BCUT2D eigenvalue weighted by atomic mass is 16.5. The molecule has 3 aromatic rings. The van der Waals surface area contributed by atoms with E-state index < -0.39 is 0 Å². The zero-order chi connectivity index (χ0) is 21.3. The third-order valence-electron chi connectivity index (χ3n) is 5.31. The van der Waals surface area contributed by atoms with Gasteiger partial charge in [-0.25, -0.2) is 9.50 Å². The number of fused-ring (bicyclic) bond motifs is 3. The number of carbonyl (C=O) groups excluding carboxylic acids is 2. The van der Waals surface area contributed by atoms with Gasteiger partial charge in [0, 0.05) is 19.2 Å².